The molecule has 1 aliphatic carbocycles. The Morgan fingerprint density at radius 3 is 2.26 bits per heavy atom. The number of benzene rings is 2. The van der Waals surface area contributed by atoms with Gasteiger partial charge in [0.15, 0.2) is 9.84 Å². The van der Waals surface area contributed by atoms with Crippen LogP contribution in [0.5, 0.6) is 0 Å². The van der Waals surface area contributed by atoms with E-state index >= 15 is 0 Å². The molecule has 2 aromatic rings. The van der Waals surface area contributed by atoms with Crippen molar-refractivity contribution in [1.82, 2.24) is 10.2 Å². The summed E-state index contributed by atoms with van der Waals surface area (Å²) in [5, 5.41) is 10.3. The average molecular weight is 487 g/mol. The molecule has 0 spiro atoms. The van der Waals surface area contributed by atoms with Gasteiger partial charge in [0.2, 0.25) is 5.91 Å². The Labute approximate surface area is 197 Å². The lowest BCUT2D eigenvalue weighted by atomic mass is 9.98. The molecule has 1 heterocycles. The Morgan fingerprint density at radius 2 is 1.68 bits per heavy atom. The van der Waals surface area contributed by atoms with Gasteiger partial charge in [-0.2, -0.15) is 0 Å². The fraction of sp³-hybridized carbons (Fsp3) is 0.375. The molecule has 2 atom stereocenters. The third-order valence-corrected chi connectivity index (χ3v) is 8.42. The van der Waals surface area contributed by atoms with Gasteiger partial charge in [-0.05, 0) is 29.2 Å². The van der Waals surface area contributed by atoms with Crippen LogP contribution in [0.1, 0.15) is 30.4 Å². The van der Waals surface area contributed by atoms with E-state index in [1.54, 1.807) is 0 Å². The quantitative estimate of drug-likeness (QED) is 0.639. The van der Waals surface area contributed by atoms with Gasteiger partial charge in [-0.15, -0.1) is 0 Å². The molecule has 2 amide bonds. The Balaban J connectivity index is 1.36. The molecule has 10 heteroatoms. The Morgan fingerprint density at radius 1 is 1.09 bits per heavy atom. The van der Waals surface area contributed by atoms with Gasteiger partial charge < -0.3 is 20.1 Å². The van der Waals surface area contributed by atoms with E-state index < -0.39 is 45.5 Å². The number of aliphatic carboxylic acids is 1. The number of fused-ring (bicyclic) bond motifs is 3. The number of alkyl carbamates (subject to hydrolysis) is 1. The van der Waals surface area contributed by atoms with Crippen LogP contribution in [0.3, 0.4) is 0 Å². The van der Waals surface area contributed by atoms with Crippen molar-refractivity contribution in [3.63, 3.8) is 0 Å². The highest BCUT2D eigenvalue weighted by atomic mass is 32.2. The van der Waals surface area contributed by atoms with Crippen molar-refractivity contribution in [2.24, 2.45) is 0 Å². The first-order chi connectivity index (χ1) is 16.2. The van der Waals surface area contributed by atoms with Crippen LogP contribution in [0.4, 0.5) is 4.79 Å². The summed E-state index contributed by atoms with van der Waals surface area (Å²) in [4.78, 5) is 37.5. The number of carboxylic acid groups (broad SMARTS) is 1. The Kier molecular flexibility index (Phi) is 6.60. The molecular weight excluding hydrogens is 460 g/mol. The minimum Gasteiger partial charge on any atom is -0.481 e. The van der Waals surface area contributed by atoms with Gasteiger partial charge >= 0.3 is 12.1 Å². The monoisotopic (exact) mass is 486 g/mol. The van der Waals surface area contributed by atoms with E-state index in [0.717, 1.165) is 22.3 Å². The minimum atomic E-state index is -3.59. The average Bonchev–Trinajstić information content (AvgIpc) is 3.12. The number of carbonyl (C=O) groups excluding carboxylic acids is 2. The predicted octanol–water partition coefficient (Wildman–Crippen LogP) is 2.01. The largest absolute Gasteiger partial charge is 0.481 e. The predicted molar refractivity (Wildman–Crippen MR) is 124 cm³/mol. The van der Waals surface area contributed by atoms with Crippen LogP contribution in [0, 0.1) is 0 Å². The molecule has 9 nitrogen and oxygen atoms in total. The molecule has 0 aromatic heterocycles. The Hall–Kier alpha value is -3.40. The van der Waals surface area contributed by atoms with Gasteiger partial charge in [-0.1, -0.05) is 48.5 Å². The lowest BCUT2D eigenvalue weighted by Crippen LogP contribution is -2.55. The number of hydrogen-bond acceptors (Lipinski definition) is 6. The van der Waals surface area contributed by atoms with Crippen molar-refractivity contribution in [2.75, 3.05) is 25.4 Å². The van der Waals surface area contributed by atoms with Gasteiger partial charge in [0, 0.05) is 19.0 Å². The van der Waals surface area contributed by atoms with E-state index in [0.29, 0.717) is 0 Å². The third kappa shape index (κ3) is 4.77. The van der Waals surface area contributed by atoms with Gasteiger partial charge in [0.05, 0.1) is 17.4 Å². The summed E-state index contributed by atoms with van der Waals surface area (Å²) in [5.74, 6) is -2.16. The molecule has 34 heavy (non-hydrogen) atoms. The first-order valence-electron chi connectivity index (χ1n) is 11.0. The van der Waals surface area contributed by atoms with Gasteiger partial charge in [-0.25, -0.2) is 13.2 Å². The number of nitrogens with one attached hydrogen (secondary N) is 1. The number of hydrogen-bond donors (Lipinski definition) is 2. The summed E-state index contributed by atoms with van der Waals surface area (Å²) in [7, 11) is -3.59. The molecule has 1 fully saturated rings. The van der Waals surface area contributed by atoms with Crippen LogP contribution in [-0.2, 0) is 24.2 Å². The molecule has 2 aromatic carbocycles. The van der Waals surface area contributed by atoms with Crippen LogP contribution >= 0.6 is 0 Å². The summed E-state index contributed by atoms with van der Waals surface area (Å²) in [5.41, 5.74) is 4.34. The van der Waals surface area contributed by atoms with E-state index in [-0.39, 0.29) is 31.4 Å². The van der Waals surface area contributed by atoms with Crippen molar-refractivity contribution < 1.29 is 32.6 Å². The summed E-state index contributed by atoms with van der Waals surface area (Å²) in [6, 6.07) is 14.9. The molecule has 1 saturated heterocycles. The second-order valence-electron chi connectivity index (χ2n) is 8.56. The molecule has 2 N–H and O–H groups in total. The van der Waals surface area contributed by atoms with Crippen molar-refractivity contribution in [1.29, 1.82) is 0 Å². The van der Waals surface area contributed by atoms with Gasteiger partial charge in [-0.3, -0.25) is 9.59 Å². The van der Waals surface area contributed by atoms with Crippen LogP contribution in [0.25, 0.3) is 11.1 Å². The van der Waals surface area contributed by atoms with E-state index in [2.05, 4.69) is 5.32 Å². The maximum Gasteiger partial charge on any atom is 0.407 e. The molecule has 1 aliphatic heterocycles. The molecule has 2 unspecified atom stereocenters. The van der Waals surface area contributed by atoms with Crippen molar-refractivity contribution >= 4 is 27.8 Å². The molecule has 0 saturated carbocycles. The summed E-state index contributed by atoms with van der Waals surface area (Å²) in [6.45, 7) is 1.32. The van der Waals surface area contributed by atoms with E-state index in [1.807, 2.05) is 48.5 Å². The fourth-order valence-corrected chi connectivity index (χ4v) is 6.21. The van der Waals surface area contributed by atoms with Gasteiger partial charge in [0.25, 0.3) is 0 Å². The summed E-state index contributed by atoms with van der Waals surface area (Å²) in [6.07, 6.45) is -1.32. The smallest absolute Gasteiger partial charge is 0.407 e. The zero-order valence-electron chi connectivity index (χ0n) is 18.6. The molecule has 4 rings (SSSR count). The van der Waals surface area contributed by atoms with Crippen LogP contribution in [-0.4, -0.2) is 73.1 Å². The number of ether oxygens (including phenoxy) is 1. The normalized spacial score (nSPS) is 19.6. The lowest BCUT2D eigenvalue weighted by Gasteiger charge is -2.33. The standard InChI is InChI=1S/C24H26N2O7S/c1-15(23(29)26-10-11-34(31,32)16(13-26)12-22(27)28)25-24(30)33-14-21-19-8-4-2-6-17(19)18-7-3-5-9-20(18)21/h2-9,15-16,21H,10-14H2,1H3,(H,25,30)(H,27,28). The van der Waals surface area contributed by atoms with Crippen molar-refractivity contribution in [3.8, 4) is 11.1 Å². The zero-order valence-corrected chi connectivity index (χ0v) is 19.5. The molecular formula is C24H26N2O7S. The third-order valence-electron chi connectivity index (χ3n) is 6.34. The number of amides is 2. The van der Waals surface area contributed by atoms with Crippen LogP contribution in [0.2, 0.25) is 0 Å². The van der Waals surface area contributed by atoms with Crippen LogP contribution < -0.4 is 5.32 Å². The molecule has 0 bridgehead atoms. The highest BCUT2D eigenvalue weighted by Crippen LogP contribution is 2.44. The van der Waals surface area contributed by atoms with E-state index in [1.165, 1.54) is 11.8 Å². The maximum absolute atomic E-state index is 12.8. The Bertz CT molecular complexity index is 1180. The number of carboxylic acids is 1. The van der Waals surface area contributed by atoms with Crippen molar-refractivity contribution in [2.45, 2.75) is 30.6 Å². The summed E-state index contributed by atoms with van der Waals surface area (Å²) >= 11 is 0. The topological polar surface area (TPSA) is 130 Å². The van der Waals surface area contributed by atoms with Crippen molar-refractivity contribution in [3.05, 3.63) is 59.7 Å². The molecule has 180 valence electrons. The SMILES string of the molecule is CC(NC(=O)OCC1c2ccccc2-c2ccccc21)C(=O)N1CCS(=O)(=O)C(CC(=O)O)C1. The lowest BCUT2D eigenvalue weighted by molar-refractivity contribution is -0.138. The van der Waals surface area contributed by atoms with Gasteiger partial charge in [0.1, 0.15) is 12.6 Å². The first-order valence-corrected chi connectivity index (χ1v) is 12.7. The number of sulfone groups is 1. The number of nitrogens with zero attached hydrogens (tertiary/aromatic N) is 1. The highest BCUT2D eigenvalue weighted by Gasteiger charge is 2.37. The fourth-order valence-electron chi connectivity index (χ4n) is 4.59. The zero-order chi connectivity index (χ0) is 24.5. The van der Waals surface area contributed by atoms with Crippen LogP contribution in [0.15, 0.2) is 48.5 Å². The molecule has 0 radical (unpaired) electrons. The second-order valence-corrected chi connectivity index (χ2v) is 11.0. The minimum absolute atomic E-state index is 0.0476. The number of carbonyl (C=O) groups is 3. The maximum atomic E-state index is 12.8. The number of rotatable bonds is 6. The van der Waals surface area contributed by atoms with E-state index in [4.69, 9.17) is 9.84 Å². The highest BCUT2D eigenvalue weighted by molar-refractivity contribution is 7.92. The summed E-state index contributed by atoms with van der Waals surface area (Å²) < 4.78 is 29.7. The van der Waals surface area contributed by atoms with E-state index in [9.17, 15) is 22.8 Å². The first kappa shape index (κ1) is 23.7. The second kappa shape index (κ2) is 9.46. The molecule has 2 aliphatic rings.